The third-order valence-electron chi connectivity index (χ3n) is 3.78. The van der Waals surface area contributed by atoms with Gasteiger partial charge in [-0.15, -0.1) is 0 Å². The Labute approximate surface area is 95.5 Å². The van der Waals surface area contributed by atoms with Crippen LogP contribution in [0.4, 0.5) is 5.69 Å². The SMILES string of the molecule is CC1CN2CCCC2CN1c1ccsc1. The van der Waals surface area contributed by atoms with E-state index in [4.69, 9.17) is 0 Å². The summed E-state index contributed by atoms with van der Waals surface area (Å²) in [6.45, 7) is 6.16. The van der Waals surface area contributed by atoms with Gasteiger partial charge in [0.15, 0.2) is 0 Å². The molecule has 0 spiro atoms. The van der Waals surface area contributed by atoms with Crippen molar-refractivity contribution in [1.29, 1.82) is 0 Å². The highest BCUT2D eigenvalue weighted by molar-refractivity contribution is 7.08. The van der Waals surface area contributed by atoms with Crippen molar-refractivity contribution in [1.82, 2.24) is 4.90 Å². The zero-order chi connectivity index (χ0) is 10.3. The normalized spacial score (nSPS) is 31.9. The average Bonchev–Trinajstić information content (AvgIpc) is 2.85. The first-order chi connectivity index (χ1) is 7.34. The van der Waals surface area contributed by atoms with Crippen LogP contribution < -0.4 is 4.90 Å². The van der Waals surface area contributed by atoms with E-state index in [0.717, 1.165) is 6.04 Å². The van der Waals surface area contributed by atoms with Crippen LogP contribution in [0.5, 0.6) is 0 Å². The Hall–Kier alpha value is -0.540. The second kappa shape index (κ2) is 3.80. The maximum absolute atomic E-state index is 2.67. The Kier molecular flexibility index (Phi) is 2.45. The Balaban J connectivity index is 1.79. The topological polar surface area (TPSA) is 6.48 Å². The van der Waals surface area contributed by atoms with Crippen LogP contribution in [0.3, 0.4) is 0 Å². The van der Waals surface area contributed by atoms with Gasteiger partial charge in [-0.05, 0) is 37.8 Å². The molecular formula is C12H18N2S. The predicted molar refractivity (Wildman–Crippen MR) is 65.7 cm³/mol. The van der Waals surface area contributed by atoms with Gasteiger partial charge in [0, 0.05) is 36.2 Å². The van der Waals surface area contributed by atoms with Crippen LogP contribution in [-0.2, 0) is 0 Å². The van der Waals surface area contributed by atoms with E-state index in [1.54, 1.807) is 11.3 Å². The van der Waals surface area contributed by atoms with Crippen LogP contribution in [0.15, 0.2) is 16.8 Å². The molecule has 3 rings (SSSR count). The van der Waals surface area contributed by atoms with Gasteiger partial charge >= 0.3 is 0 Å². The lowest BCUT2D eigenvalue weighted by Gasteiger charge is -2.43. The van der Waals surface area contributed by atoms with Gasteiger partial charge in [0.2, 0.25) is 0 Å². The van der Waals surface area contributed by atoms with Gasteiger partial charge in [-0.3, -0.25) is 4.90 Å². The van der Waals surface area contributed by atoms with Crippen molar-refractivity contribution in [3.63, 3.8) is 0 Å². The smallest absolute Gasteiger partial charge is 0.0478 e. The molecule has 2 saturated heterocycles. The molecule has 0 bridgehead atoms. The largest absolute Gasteiger partial charge is 0.365 e. The third-order valence-corrected chi connectivity index (χ3v) is 4.45. The molecule has 2 unspecified atom stereocenters. The summed E-state index contributed by atoms with van der Waals surface area (Å²) in [7, 11) is 0. The zero-order valence-electron chi connectivity index (χ0n) is 9.22. The number of hydrogen-bond donors (Lipinski definition) is 0. The van der Waals surface area contributed by atoms with E-state index in [1.807, 2.05) is 0 Å². The second-order valence-electron chi connectivity index (χ2n) is 4.77. The van der Waals surface area contributed by atoms with Crippen molar-refractivity contribution in [2.24, 2.45) is 0 Å². The summed E-state index contributed by atoms with van der Waals surface area (Å²) >= 11 is 1.81. The number of nitrogens with zero attached hydrogens (tertiary/aromatic N) is 2. The first kappa shape index (κ1) is 9.67. The standard InChI is InChI=1S/C12H18N2S/c1-10-7-13-5-2-3-11(13)8-14(10)12-4-6-15-9-12/h4,6,9-11H,2-3,5,7-8H2,1H3. The quantitative estimate of drug-likeness (QED) is 0.720. The second-order valence-corrected chi connectivity index (χ2v) is 5.55. The van der Waals surface area contributed by atoms with Crippen LogP contribution in [-0.4, -0.2) is 36.6 Å². The van der Waals surface area contributed by atoms with Crippen molar-refractivity contribution < 1.29 is 0 Å². The molecule has 82 valence electrons. The monoisotopic (exact) mass is 222 g/mol. The lowest BCUT2D eigenvalue weighted by atomic mass is 10.1. The Morgan fingerprint density at radius 2 is 2.33 bits per heavy atom. The van der Waals surface area contributed by atoms with Gasteiger partial charge in [0.25, 0.3) is 0 Å². The highest BCUT2D eigenvalue weighted by Crippen LogP contribution is 2.29. The molecule has 0 radical (unpaired) electrons. The van der Waals surface area contributed by atoms with Crippen molar-refractivity contribution in [3.05, 3.63) is 16.8 Å². The number of thiophene rings is 1. The summed E-state index contributed by atoms with van der Waals surface area (Å²) < 4.78 is 0. The number of hydrogen-bond acceptors (Lipinski definition) is 3. The fraction of sp³-hybridized carbons (Fsp3) is 0.667. The number of piperazine rings is 1. The van der Waals surface area contributed by atoms with Crippen molar-refractivity contribution >= 4 is 17.0 Å². The number of rotatable bonds is 1. The molecule has 0 saturated carbocycles. The molecular weight excluding hydrogens is 204 g/mol. The molecule has 1 aromatic heterocycles. The molecule has 2 nitrogen and oxygen atoms in total. The van der Waals surface area contributed by atoms with Crippen molar-refractivity contribution in [3.8, 4) is 0 Å². The molecule has 0 N–H and O–H groups in total. The van der Waals surface area contributed by atoms with Gasteiger partial charge in [-0.25, -0.2) is 0 Å². The van der Waals surface area contributed by atoms with E-state index < -0.39 is 0 Å². The summed E-state index contributed by atoms with van der Waals surface area (Å²) in [5.74, 6) is 0. The van der Waals surface area contributed by atoms with Gasteiger partial charge in [-0.1, -0.05) is 0 Å². The molecule has 0 amide bonds. The fourth-order valence-corrected chi connectivity index (χ4v) is 3.62. The Morgan fingerprint density at radius 3 is 3.13 bits per heavy atom. The van der Waals surface area contributed by atoms with E-state index in [9.17, 15) is 0 Å². The molecule has 2 fully saturated rings. The van der Waals surface area contributed by atoms with Crippen LogP contribution >= 0.6 is 11.3 Å². The van der Waals surface area contributed by atoms with Gasteiger partial charge in [0.05, 0.1) is 0 Å². The Bertz CT molecular complexity index is 322. The number of anilines is 1. The van der Waals surface area contributed by atoms with Gasteiger partial charge in [0.1, 0.15) is 0 Å². The highest BCUT2D eigenvalue weighted by Gasteiger charge is 2.34. The molecule has 0 aliphatic carbocycles. The first-order valence-electron chi connectivity index (χ1n) is 5.87. The van der Waals surface area contributed by atoms with Crippen LogP contribution in [0.25, 0.3) is 0 Å². The lowest BCUT2D eigenvalue weighted by molar-refractivity contribution is 0.203. The third kappa shape index (κ3) is 1.68. The molecule has 3 heterocycles. The van der Waals surface area contributed by atoms with E-state index in [2.05, 4.69) is 33.6 Å². The van der Waals surface area contributed by atoms with E-state index in [0.29, 0.717) is 6.04 Å². The minimum absolute atomic E-state index is 0.675. The molecule has 2 aliphatic rings. The molecule has 0 aromatic carbocycles. The molecule has 1 aromatic rings. The van der Waals surface area contributed by atoms with E-state index in [1.165, 1.54) is 38.2 Å². The van der Waals surface area contributed by atoms with Gasteiger partial charge in [-0.2, -0.15) is 11.3 Å². The summed E-state index contributed by atoms with van der Waals surface area (Å²) in [6.07, 6.45) is 2.79. The minimum Gasteiger partial charge on any atom is -0.365 e. The number of fused-ring (bicyclic) bond motifs is 1. The Morgan fingerprint density at radius 1 is 1.40 bits per heavy atom. The summed E-state index contributed by atoms with van der Waals surface area (Å²) in [5.41, 5.74) is 1.43. The molecule has 2 atom stereocenters. The van der Waals surface area contributed by atoms with Crippen molar-refractivity contribution in [2.45, 2.75) is 31.8 Å². The van der Waals surface area contributed by atoms with E-state index >= 15 is 0 Å². The fourth-order valence-electron chi connectivity index (χ4n) is 2.97. The van der Waals surface area contributed by atoms with Crippen LogP contribution in [0, 0.1) is 0 Å². The summed E-state index contributed by atoms with van der Waals surface area (Å²) in [5, 5.41) is 4.46. The zero-order valence-corrected chi connectivity index (χ0v) is 10.0. The lowest BCUT2D eigenvalue weighted by Crippen LogP contribution is -2.55. The predicted octanol–water partition coefficient (Wildman–Crippen LogP) is 2.42. The maximum atomic E-state index is 2.67. The van der Waals surface area contributed by atoms with Crippen LogP contribution in [0.1, 0.15) is 19.8 Å². The highest BCUT2D eigenvalue weighted by atomic mass is 32.1. The van der Waals surface area contributed by atoms with Crippen LogP contribution in [0.2, 0.25) is 0 Å². The molecule has 15 heavy (non-hydrogen) atoms. The van der Waals surface area contributed by atoms with Gasteiger partial charge < -0.3 is 4.90 Å². The summed E-state index contributed by atoms with van der Waals surface area (Å²) in [4.78, 5) is 5.26. The molecule has 3 heteroatoms. The maximum Gasteiger partial charge on any atom is 0.0478 e. The molecule has 2 aliphatic heterocycles. The summed E-state index contributed by atoms with van der Waals surface area (Å²) in [6, 6.07) is 3.75. The first-order valence-corrected chi connectivity index (χ1v) is 6.82. The van der Waals surface area contributed by atoms with E-state index in [-0.39, 0.29) is 0 Å². The van der Waals surface area contributed by atoms with Crippen molar-refractivity contribution in [2.75, 3.05) is 24.5 Å². The average molecular weight is 222 g/mol. The minimum atomic E-state index is 0.675.